The third-order valence-electron chi connectivity index (χ3n) is 3.54. The maximum atomic E-state index is 13.7. The van der Waals surface area contributed by atoms with Gasteiger partial charge in [-0.15, -0.1) is 0 Å². The Morgan fingerprint density at radius 1 is 1.05 bits per heavy atom. The van der Waals surface area contributed by atoms with Crippen molar-refractivity contribution in [3.8, 4) is 0 Å². The van der Waals surface area contributed by atoms with Crippen LogP contribution in [0.1, 0.15) is 32.8 Å². The van der Waals surface area contributed by atoms with E-state index in [0.717, 1.165) is 0 Å². The molecule has 0 saturated carbocycles. The lowest BCUT2D eigenvalue weighted by molar-refractivity contribution is -0.126. The second-order valence-electron chi connectivity index (χ2n) is 5.36. The highest BCUT2D eigenvalue weighted by molar-refractivity contribution is 7.85. The summed E-state index contributed by atoms with van der Waals surface area (Å²) in [4.78, 5) is 9.69. The van der Waals surface area contributed by atoms with Crippen molar-refractivity contribution >= 4 is 15.9 Å². The van der Waals surface area contributed by atoms with E-state index < -0.39 is 61.5 Å². The molecule has 0 bridgehead atoms. The first-order chi connectivity index (χ1) is 9.84. The average molecular weight is 341 g/mol. The summed E-state index contributed by atoms with van der Waals surface area (Å²) in [6.07, 6.45) is -0.654. The van der Waals surface area contributed by atoms with E-state index in [9.17, 15) is 35.3 Å². The van der Waals surface area contributed by atoms with Gasteiger partial charge >= 0.3 is 0 Å². The van der Waals surface area contributed by atoms with Crippen LogP contribution in [-0.2, 0) is 21.3 Å². The van der Waals surface area contributed by atoms with Gasteiger partial charge in [-0.2, -0.15) is 0 Å². The van der Waals surface area contributed by atoms with Gasteiger partial charge in [0.1, 0.15) is 20.8 Å². The fourth-order valence-electron chi connectivity index (χ4n) is 1.63. The van der Waals surface area contributed by atoms with Crippen molar-refractivity contribution in [2.45, 2.75) is 38.5 Å². The molecule has 1 rings (SSSR count). The Balaban J connectivity index is 3.52. The molecule has 0 radical (unpaired) electrons. The van der Waals surface area contributed by atoms with E-state index in [4.69, 9.17) is 0 Å². The molecule has 22 heavy (non-hydrogen) atoms. The highest BCUT2D eigenvalue weighted by atomic mass is 32.2. The summed E-state index contributed by atoms with van der Waals surface area (Å²) in [5.74, 6) is -9.47. The highest BCUT2D eigenvalue weighted by Gasteiger charge is 2.32. The standard InChI is InChI=1S/C13H14F4O4S/c1-4-13(2,3)7(18)5-6-8(14)10(16)12(22(19,20)21)11(17)9(6)15/h4-5H2,1-3H3,(H,19,20,21)/p-1. The van der Waals surface area contributed by atoms with E-state index in [-0.39, 0.29) is 0 Å². The van der Waals surface area contributed by atoms with E-state index in [1.165, 1.54) is 13.8 Å². The Hall–Kier alpha value is -1.48. The van der Waals surface area contributed by atoms with Crippen molar-refractivity contribution in [2.24, 2.45) is 5.41 Å². The summed E-state index contributed by atoms with van der Waals surface area (Å²) in [6.45, 7) is 4.60. The summed E-state index contributed by atoms with van der Waals surface area (Å²) in [5.41, 5.74) is -2.23. The molecular formula is C13H13F4O4S-. The summed E-state index contributed by atoms with van der Waals surface area (Å²) < 4.78 is 86.7. The summed E-state index contributed by atoms with van der Waals surface area (Å²) in [7, 11) is -5.75. The minimum atomic E-state index is -5.75. The molecule has 0 saturated heterocycles. The number of halogens is 4. The molecule has 9 heteroatoms. The van der Waals surface area contributed by atoms with Crippen LogP contribution in [0, 0.1) is 28.7 Å². The van der Waals surface area contributed by atoms with Gasteiger partial charge in [0.15, 0.2) is 23.3 Å². The molecule has 1 aromatic carbocycles. The van der Waals surface area contributed by atoms with Crippen molar-refractivity contribution in [1.29, 1.82) is 0 Å². The maximum absolute atomic E-state index is 13.7. The molecule has 124 valence electrons. The molecule has 0 heterocycles. The van der Waals surface area contributed by atoms with Crippen LogP contribution in [0.25, 0.3) is 0 Å². The zero-order valence-corrected chi connectivity index (χ0v) is 12.8. The Labute approximate surface area is 124 Å². The van der Waals surface area contributed by atoms with Crippen LogP contribution in [0.3, 0.4) is 0 Å². The van der Waals surface area contributed by atoms with Crippen LogP contribution in [0.5, 0.6) is 0 Å². The molecule has 0 amide bonds. The quantitative estimate of drug-likeness (QED) is 0.469. The molecule has 0 atom stereocenters. The Morgan fingerprint density at radius 2 is 1.45 bits per heavy atom. The number of benzene rings is 1. The molecule has 0 N–H and O–H groups in total. The van der Waals surface area contributed by atoms with Gasteiger partial charge < -0.3 is 4.55 Å². The Bertz CT molecular complexity index is 697. The first kappa shape index (κ1) is 18.6. The third-order valence-corrected chi connectivity index (χ3v) is 4.40. The molecule has 4 nitrogen and oxygen atoms in total. The number of hydrogen-bond donors (Lipinski definition) is 0. The van der Waals surface area contributed by atoms with Crippen LogP contribution >= 0.6 is 0 Å². The molecule has 0 aliphatic rings. The number of rotatable bonds is 5. The predicted octanol–water partition coefficient (Wildman–Crippen LogP) is 2.69. The topological polar surface area (TPSA) is 74.3 Å². The highest BCUT2D eigenvalue weighted by Crippen LogP contribution is 2.30. The molecule has 0 aromatic heterocycles. The maximum Gasteiger partial charge on any atom is 0.179 e. The molecule has 0 aliphatic carbocycles. The van der Waals surface area contributed by atoms with Crippen molar-refractivity contribution in [1.82, 2.24) is 0 Å². The van der Waals surface area contributed by atoms with Crippen LogP contribution < -0.4 is 0 Å². The van der Waals surface area contributed by atoms with E-state index >= 15 is 0 Å². The van der Waals surface area contributed by atoms with Gasteiger partial charge in [0.2, 0.25) is 0 Å². The lowest BCUT2D eigenvalue weighted by atomic mass is 9.82. The predicted molar refractivity (Wildman–Crippen MR) is 67.0 cm³/mol. The molecule has 0 aliphatic heterocycles. The number of carbonyl (C=O) groups is 1. The van der Waals surface area contributed by atoms with Gasteiger partial charge in [0, 0.05) is 17.4 Å². The van der Waals surface area contributed by atoms with Crippen LogP contribution in [0.4, 0.5) is 17.6 Å². The fourth-order valence-corrected chi connectivity index (χ4v) is 2.25. The SMILES string of the molecule is CCC(C)(C)C(=O)Cc1c(F)c(F)c(S(=O)(=O)[O-])c(F)c1F. The fraction of sp³-hybridized carbons (Fsp3) is 0.462. The lowest BCUT2D eigenvalue weighted by Gasteiger charge is -2.21. The van der Waals surface area contributed by atoms with Gasteiger partial charge in [0.05, 0.1) is 0 Å². The van der Waals surface area contributed by atoms with E-state index in [0.29, 0.717) is 6.42 Å². The van der Waals surface area contributed by atoms with Gasteiger partial charge in [-0.25, -0.2) is 26.0 Å². The van der Waals surface area contributed by atoms with E-state index in [1.54, 1.807) is 6.92 Å². The second-order valence-corrected chi connectivity index (χ2v) is 6.67. The molecule has 0 unspecified atom stereocenters. The largest absolute Gasteiger partial charge is 0.744 e. The number of hydrogen-bond acceptors (Lipinski definition) is 4. The van der Waals surface area contributed by atoms with Gasteiger partial charge in [-0.3, -0.25) is 4.79 Å². The summed E-state index contributed by atoms with van der Waals surface area (Å²) in [5, 5.41) is 0. The Morgan fingerprint density at radius 3 is 1.77 bits per heavy atom. The van der Waals surface area contributed by atoms with Crippen molar-refractivity contribution in [2.75, 3.05) is 0 Å². The van der Waals surface area contributed by atoms with Crippen molar-refractivity contribution < 1.29 is 35.3 Å². The zero-order chi connectivity index (χ0) is 17.5. The van der Waals surface area contributed by atoms with Gasteiger partial charge in [0.25, 0.3) is 0 Å². The summed E-state index contributed by atoms with van der Waals surface area (Å²) >= 11 is 0. The monoisotopic (exact) mass is 341 g/mol. The molecular weight excluding hydrogens is 328 g/mol. The van der Waals surface area contributed by atoms with Crippen molar-refractivity contribution in [3.05, 3.63) is 28.8 Å². The van der Waals surface area contributed by atoms with Crippen LogP contribution in [-0.4, -0.2) is 18.8 Å². The van der Waals surface area contributed by atoms with Gasteiger partial charge in [-0.1, -0.05) is 20.8 Å². The third kappa shape index (κ3) is 3.30. The summed E-state index contributed by atoms with van der Waals surface area (Å²) in [6, 6.07) is 0. The average Bonchev–Trinajstić information content (AvgIpc) is 2.39. The lowest BCUT2D eigenvalue weighted by Crippen LogP contribution is -2.26. The van der Waals surface area contributed by atoms with Crippen LogP contribution in [0.2, 0.25) is 0 Å². The molecule has 0 fully saturated rings. The number of ketones is 1. The first-order valence-corrected chi connectivity index (χ1v) is 7.59. The van der Waals surface area contributed by atoms with E-state index in [1.807, 2.05) is 0 Å². The zero-order valence-electron chi connectivity index (χ0n) is 12.0. The molecule has 0 spiro atoms. The first-order valence-electron chi connectivity index (χ1n) is 6.18. The van der Waals surface area contributed by atoms with Crippen LogP contribution in [0.15, 0.2) is 4.90 Å². The number of Topliss-reactive ketones (excluding diaryl/α,β-unsaturated/α-hetero) is 1. The Kier molecular flexibility index (Phi) is 5.03. The minimum Gasteiger partial charge on any atom is -0.744 e. The number of carbonyl (C=O) groups excluding carboxylic acids is 1. The smallest absolute Gasteiger partial charge is 0.179 e. The molecule has 1 aromatic rings. The normalized spacial score (nSPS) is 12.5. The van der Waals surface area contributed by atoms with E-state index in [2.05, 4.69) is 0 Å². The van der Waals surface area contributed by atoms with Gasteiger partial charge in [-0.05, 0) is 6.42 Å². The van der Waals surface area contributed by atoms with Crippen molar-refractivity contribution in [3.63, 3.8) is 0 Å². The minimum absolute atomic E-state index is 0.313. The second kappa shape index (κ2) is 5.96.